The molecule has 1 aromatic carbocycles. The second kappa shape index (κ2) is 6.03. The topological polar surface area (TPSA) is 58.2 Å². The molecule has 0 atom stereocenters. The van der Waals surface area contributed by atoms with Crippen LogP contribution in [0.15, 0.2) is 24.3 Å². The van der Waals surface area contributed by atoms with Gasteiger partial charge in [0.05, 0.1) is 12.0 Å². The van der Waals surface area contributed by atoms with E-state index in [-0.39, 0.29) is 24.2 Å². The quantitative estimate of drug-likeness (QED) is 0.877. The normalized spacial score (nSPS) is 16.7. The van der Waals surface area contributed by atoms with Gasteiger partial charge in [-0.15, -0.1) is 0 Å². The average molecular weight is 278 g/mol. The molecule has 0 aliphatic heterocycles. The Kier molecular flexibility index (Phi) is 4.37. The zero-order chi connectivity index (χ0) is 14.6. The maximum Gasteiger partial charge on any atom is 0.239 e. The minimum Gasteiger partial charge on any atom is -0.358 e. The number of amides is 2. The Balaban J connectivity index is 2.24. The Morgan fingerprint density at radius 3 is 2.50 bits per heavy atom. The number of rotatable bonds is 4. The third kappa shape index (κ3) is 2.66. The molecule has 0 heterocycles. The molecule has 1 aliphatic rings. The van der Waals surface area contributed by atoms with Gasteiger partial charge in [0.25, 0.3) is 0 Å². The lowest BCUT2D eigenvalue weighted by molar-refractivity contribution is -0.129. The van der Waals surface area contributed by atoms with Gasteiger partial charge < -0.3 is 10.6 Å². The molecular formula is C15H19FN2O2. The highest BCUT2D eigenvalue weighted by Crippen LogP contribution is 2.42. The summed E-state index contributed by atoms with van der Waals surface area (Å²) in [6.45, 7) is -0.0778. The van der Waals surface area contributed by atoms with Crippen molar-refractivity contribution in [2.75, 3.05) is 13.6 Å². The van der Waals surface area contributed by atoms with Gasteiger partial charge in [0.15, 0.2) is 0 Å². The van der Waals surface area contributed by atoms with Crippen LogP contribution in [0.25, 0.3) is 0 Å². The lowest BCUT2D eigenvalue weighted by atomic mass is 9.77. The van der Waals surface area contributed by atoms with Crippen molar-refractivity contribution in [2.24, 2.45) is 0 Å². The van der Waals surface area contributed by atoms with E-state index >= 15 is 0 Å². The molecule has 0 saturated heterocycles. The summed E-state index contributed by atoms with van der Waals surface area (Å²) < 4.78 is 14.1. The van der Waals surface area contributed by atoms with Gasteiger partial charge in [-0.1, -0.05) is 31.0 Å². The highest BCUT2D eigenvalue weighted by Gasteiger charge is 2.44. The largest absolute Gasteiger partial charge is 0.358 e. The van der Waals surface area contributed by atoms with E-state index in [1.54, 1.807) is 18.2 Å². The Bertz CT molecular complexity index is 510. The molecule has 1 saturated carbocycles. The predicted octanol–water partition coefficient (Wildman–Crippen LogP) is 1.50. The van der Waals surface area contributed by atoms with E-state index in [1.165, 1.54) is 13.1 Å². The van der Waals surface area contributed by atoms with E-state index in [1.807, 2.05) is 0 Å². The Labute approximate surface area is 117 Å². The molecule has 0 radical (unpaired) electrons. The van der Waals surface area contributed by atoms with Gasteiger partial charge in [-0.3, -0.25) is 9.59 Å². The molecule has 2 N–H and O–H groups in total. The summed E-state index contributed by atoms with van der Waals surface area (Å²) in [4.78, 5) is 23.7. The van der Waals surface area contributed by atoms with Gasteiger partial charge in [-0.05, 0) is 18.9 Å². The predicted molar refractivity (Wildman–Crippen MR) is 73.6 cm³/mol. The summed E-state index contributed by atoms with van der Waals surface area (Å²) >= 11 is 0. The number of hydrogen-bond acceptors (Lipinski definition) is 2. The zero-order valence-corrected chi connectivity index (χ0v) is 11.5. The van der Waals surface area contributed by atoms with Gasteiger partial charge in [-0.2, -0.15) is 0 Å². The lowest BCUT2D eigenvalue weighted by Gasteiger charge is -2.28. The Morgan fingerprint density at radius 1 is 1.25 bits per heavy atom. The van der Waals surface area contributed by atoms with Crippen LogP contribution in [0.5, 0.6) is 0 Å². The number of halogens is 1. The van der Waals surface area contributed by atoms with E-state index in [9.17, 15) is 14.0 Å². The smallest absolute Gasteiger partial charge is 0.239 e. The monoisotopic (exact) mass is 278 g/mol. The van der Waals surface area contributed by atoms with Crippen LogP contribution in [0.4, 0.5) is 4.39 Å². The summed E-state index contributed by atoms with van der Waals surface area (Å²) in [5.41, 5.74) is -0.397. The zero-order valence-electron chi connectivity index (χ0n) is 11.5. The molecule has 2 amide bonds. The molecule has 1 fully saturated rings. The second-order valence-electron chi connectivity index (χ2n) is 5.12. The fourth-order valence-corrected chi connectivity index (χ4v) is 2.86. The summed E-state index contributed by atoms with van der Waals surface area (Å²) in [5, 5.41) is 5.07. The minimum atomic E-state index is -0.834. The molecule has 2 rings (SSSR count). The van der Waals surface area contributed by atoms with Crippen LogP contribution in [-0.2, 0) is 15.0 Å². The molecule has 5 heteroatoms. The van der Waals surface area contributed by atoms with Crippen molar-refractivity contribution in [1.82, 2.24) is 10.6 Å². The summed E-state index contributed by atoms with van der Waals surface area (Å²) in [6.07, 6.45) is 3.02. The van der Waals surface area contributed by atoms with Crippen molar-refractivity contribution in [3.63, 3.8) is 0 Å². The van der Waals surface area contributed by atoms with Crippen LogP contribution in [0, 0.1) is 5.82 Å². The third-order valence-corrected chi connectivity index (χ3v) is 3.97. The first-order valence-corrected chi connectivity index (χ1v) is 6.84. The van der Waals surface area contributed by atoms with Crippen LogP contribution >= 0.6 is 0 Å². The van der Waals surface area contributed by atoms with Gasteiger partial charge in [-0.25, -0.2) is 4.39 Å². The van der Waals surface area contributed by atoms with E-state index < -0.39 is 5.41 Å². The number of carbonyl (C=O) groups excluding carboxylic acids is 2. The first kappa shape index (κ1) is 14.5. The van der Waals surface area contributed by atoms with Crippen LogP contribution in [0.2, 0.25) is 0 Å². The van der Waals surface area contributed by atoms with Crippen molar-refractivity contribution < 1.29 is 14.0 Å². The molecule has 108 valence electrons. The van der Waals surface area contributed by atoms with Gasteiger partial charge in [0.2, 0.25) is 11.8 Å². The number of nitrogens with one attached hydrogen (secondary N) is 2. The van der Waals surface area contributed by atoms with Crippen LogP contribution in [-0.4, -0.2) is 25.4 Å². The van der Waals surface area contributed by atoms with Crippen molar-refractivity contribution in [2.45, 2.75) is 31.1 Å². The molecule has 4 nitrogen and oxygen atoms in total. The molecular weight excluding hydrogens is 259 g/mol. The van der Waals surface area contributed by atoms with Crippen molar-refractivity contribution in [3.8, 4) is 0 Å². The summed E-state index contributed by atoms with van der Waals surface area (Å²) in [5.74, 6) is -0.881. The second-order valence-corrected chi connectivity index (χ2v) is 5.12. The minimum absolute atomic E-state index is 0.0778. The van der Waals surface area contributed by atoms with Crippen LogP contribution < -0.4 is 10.6 Å². The molecule has 0 bridgehead atoms. The SMILES string of the molecule is CNC(=O)CNC(=O)C1(c2ccccc2F)CCCC1. The van der Waals surface area contributed by atoms with Crippen molar-refractivity contribution in [1.29, 1.82) is 0 Å². The van der Waals surface area contributed by atoms with Gasteiger partial charge in [0.1, 0.15) is 5.82 Å². The average Bonchev–Trinajstić information content (AvgIpc) is 2.95. The van der Waals surface area contributed by atoms with Gasteiger partial charge >= 0.3 is 0 Å². The van der Waals surface area contributed by atoms with Crippen molar-refractivity contribution >= 4 is 11.8 Å². The molecule has 0 aromatic heterocycles. The third-order valence-electron chi connectivity index (χ3n) is 3.97. The number of benzene rings is 1. The van der Waals surface area contributed by atoms with Crippen LogP contribution in [0.3, 0.4) is 0 Å². The lowest BCUT2D eigenvalue weighted by Crippen LogP contribution is -2.46. The number of likely N-dealkylation sites (N-methyl/N-ethyl adjacent to an activating group) is 1. The number of carbonyl (C=O) groups is 2. The first-order valence-electron chi connectivity index (χ1n) is 6.84. The highest BCUT2D eigenvalue weighted by molar-refractivity contribution is 5.91. The molecule has 0 unspecified atom stereocenters. The first-order chi connectivity index (χ1) is 9.60. The van der Waals surface area contributed by atoms with Crippen LogP contribution in [0.1, 0.15) is 31.2 Å². The Hall–Kier alpha value is -1.91. The van der Waals surface area contributed by atoms with E-state index in [4.69, 9.17) is 0 Å². The molecule has 1 aliphatic carbocycles. The molecule has 1 aromatic rings. The summed E-state index contributed by atoms with van der Waals surface area (Å²) in [6, 6.07) is 6.40. The maximum absolute atomic E-state index is 14.1. The van der Waals surface area contributed by atoms with Gasteiger partial charge in [0, 0.05) is 12.6 Å². The Morgan fingerprint density at radius 2 is 1.90 bits per heavy atom. The van der Waals surface area contributed by atoms with E-state index in [2.05, 4.69) is 10.6 Å². The molecule has 0 spiro atoms. The standard InChI is InChI=1S/C15H19FN2O2/c1-17-13(19)10-18-14(20)15(8-4-5-9-15)11-6-2-3-7-12(11)16/h2-3,6-7H,4-5,8-10H2,1H3,(H,17,19)(H,18,20). The van der Waals surface area contributed by atoms with E-state index in [0.29, 0.717) is 18.4 Å². The highest BCUT2D eigenvalue weighted by atomic mass is 19.1. The maximum atomic E-state index is 14.1. The van der Waals surface area contributed by atoms with Crippen molar-refractivity contribution in [3.05, 3.63) is 35.6 Å². The fourth-order valence-electron chi connectivity index (χ4n) is 2.86. The number of hydrogen-bond donors (Lipinski definition) is 2. The fraction of sp³-hybridized carbons (Fsp3) is 0.467. The summed E-state index contributed by atoms with van der Waals surface area (Å²) in [7, 11) is 1.51. The van der Waals surface area contributed by atoms with E-state index in [0.717, 1.165) is 12.8 Å². The molecule has 20 heavy (non-hydrogen) atoms.